The van der Waals surface area contributed by atoms with Gasteiger partial charge in [-0.15, -0.1) is 5.10 Å². The van der Waals surface area contributed by atoms with Crippen LogP contribution in [0, 0.1) is 0 Å². The van der Waals surface area contributed by atoms with Crippen LogP contribution in [0.25, 0.3) is 0 Å². The molecule has 0 bridgehead atoms. The number of ether oxygens (including phenoxy) is 1. The summed E-state index contributed by atoms with van der Waals surface area (Å²) >= 11 is 0. The zero-order valence-corrected chi connectivity index (χ0v) is 7.51. The monoisotopic (exact) mass is 199 g/mol. The Balaban J connectivity index is 2.71. The number of esters is 1. The molecule has 14 heavy (non-hydrogen) atoms. The van der Waals surface area contributed by atoms with E-state index < -0.39 is 11.9 Å². The number of nitrogens with zero attached hydrogens (tertiary/aromatic N) is 3. The highest BCUT2D eigenvalue weighted by atomic mass is 16.5. The topological polar surface area (TPSA) is 94.3 Å². The van der Waals surface area contributed by atoms with E-state index >= 15 is 0 Å². The molecule has 7 nitrogen and oxygen atoms in total. The largest absolute Gasteiger partial charge is 0.476 e. The highest BCUT2D eigenvalue weighted by molar-refractivity contribution is 5.85. The van der Waals surface area contributed by atoms with Gasteiger partial charge in [-0.3, -0.25) is 4.79 Å². The smallest absolute Gasteiger partial charge is 0.355 e. The average Bonchev–Trinajstić information content (AvgIpc) is 2.52. The van der Waals surface area contributed by atoms with Gasteiger partial charge in [0.25, 0.3) is 0 Å². The van der Waals surface area contributed by atoms with Crippen molar-refractivity contribution in [2.45, 2.75) is 13.5 Å². The van der Waals surface area contributed by atoms with Gasteiger partial charge in [0.15, 0.2) is 5.69 Å². The van der Waals surface area contributed by atoms with E-state index in [-0.39, 0.29) is 18.8 Å². The van der Waals surface area contributed by atoms with Crippen LogP contribution < -0.4 is 0 Å². The van der Waals surface area contributed by atoms with E-state index in [0.717, 1.165) is 10.9 Å². The molecule has 0 fully saturated rings. The highest BCUT2D eigenvalue weighted by Gasteiger charge is 2.14. The van der Waals surface area contributed by atoms with Crippen molar-refractivity contribution in [2.75, 3.05) is 6.61 Å². The Morgan fingerprint density at radius 3 is 2.93 bits per heavy atom. The number of carboxylic acids is 1. The molecule has 1 N–H and O–H groups in total. The maximum atomic E-state index is 11.0. The lowest BCUT2D eigenvalue weighted by Gasteiger charge is -2.02. The summed E-state index contributed by atoms with van der Waals surface area (Å²) < 4.78 is 5.60. The first-order valence-electron chi connectivity index (χ1n) is 3.92. The molecule has 0 unspecified atom stereocenters. The summed E-state index contributed by atoms with van der Waals surface area (Å²) in [6, 6.07) is 0. The van der Waals surface area contributed by atoms with Crippen molar-refractivity contribution in [1.82, 2.24) is 15.0 Å². The van der Waals surface area contributed by atoms with Crippen LogP contribution in [-0.4, -0.2) is 38.6 Å². The van der Waals surface area contributed by atoms with Crippen LogP contribution in [0.4, 0.5) is 0 Å². The van der Waals surface area contributed by atoms with E-state index in [1.165, 1.54) is 0 Å². The number of aromatic nitrogens is 3. The molecular weight excluding hydrogens is 190 g/mol. The Labute approximate surface area is 79.3 Å². The Morgan fingerprint density at radius 1 is 1.64 bits per heavy atom. The SMILES string of the molecule is CCOC(=O)Cn1nncc1C(=O)O. The summed E-state index contributed by atoms with van der Waals surface area (Å²) in [5.74, 6) is -1.72. The van der Waals surface area contributed by atoms with E-state index in [1.807, 2.05) is 0 Å². The fraction of sp³-hybridized carbons (Fsp3) is 0.429. The number of aromatic carboxylic acids is 1. The molecule has 1 aromatic heterocycles. The van der Waals surface area contributed by atoms with Gasteiger partial charge in [-0.1, -0.05) is 5.21 Å². The summed E-state index contributed by atoms with van der Waals surface area (Å²) in [6.07, 6.45) is 1.07. The molecule has 7 heteroatoms. The number of hydrogen-bond acceptors (Lipinski definition) is 5. The van der Waals surface area contributed by atoms with Crippen molar-refractivity contribution in [1.29, 1.82) is 0 Å². The molecule has 0 spiro atoms. The van der Waals surface area contributed by atoms with Crippen LogP contribution in [0.2, 0.25) is 0 Å². The second-order valence-electron chi connectivity index (χ2n) is 2.39. The van der Waals surface area contributed by atoms with Crippen molar-refractivity contribution >= 4 is 11.9 Å². The lowest BCUT2D eigenvalue weighted by molar-refractivity contribution is -0.144. The molecule has 1 aromatic rings. The van der Waals surface area contributed by atoms with E-state index in [4.69, 9.17) is 5.11 Å². The van der Waals surface area contributed by atoms with E-state index in [2.05, 4.69) is 15.0 Å². The minimum Gasteiger partial charge on any atom is -0.476 e. The molecule has 0 aliphatic heterocycles. The van der Waals surface area contributed by atoms with E-state index in [9.17, 15) is 9.59 Å². The summed E-state index contributed by atoms with van der Waals surface area (Å²) in [6.45, 7) is 1.67. The van der Waals surface area contributed by atoms with Gasteiger partial charge >= 0.3 is 11.9 Å². The number of carbonyl (C=O) groups excluding carboxylic acids is 1. The lowest BCUT2D eigenvalue weighted by atomic mass is 10.4. The maximum Gasteiger partial charge on any atom is 0.355 e. The number of carbonyl (C=O) groups is 2. The van der Waals surface area contributed by atoms with Gasteiger partial charge in [-0.2, -0.15) is 0 Å². The van der Waals surface area contributed by atoms with Gasteiger partial charge < -0.3 is 9.84 Å². The van der Waals surface area contributed by atoms with Gasteiger partial charge in [-0.25, -0.2) is 9.48 Å². The van der Waals surface area contributed by atoms with E-state index in [0.29, 0.717) is 0 Å². The van der Waals surface area contributed by atoms with Crippen LogP contribution in [0.1, 0.15) is 17.4 Å². The second-order valence-corrected chi connectivity index (χ2v) is 2.39. The second kappa shape index (κ2) is 4.35. The Hall–Kier alpha value is -1.92. The number of rotatable bonds is 4. The van der Waals surface area contributed by atoms with Crippen LogP contribution in [-0.2, 0) is 16.1 Å². The van der Waals surface area contributed by atoms with E-state index in [1.54, 1.807) is 6.92 Å². The van der Waals surface area contributed by atoms with Crippen LogP contribution in [0.3, 0.4) is 0 Å². The molecule has 0 aliphatic carbocycles. The van der Waals surface area contributed by atoms with Gasteiger partial charge in [-0.05, 0) is 6.92 Å². The third kappa shape index (κ3) is 2.28. The predicted octanol–water partition coefficient (Wildman–Crippen LogP) is -0.461. The predicted molar refractivity (Wildman–Crippen MR) is 43.6 cm³/mol. The van der Waals surface area contributed by atoms with Gasteiger partial charge in [0.2, 0.25) is 0 Å². The lowest BCUT2D eigenvalue weighted by Crippen LogP contribution is -2.18. The Kier molecular flexibility index (Phi) is 3.16. The summed E-state index contributed by atoms with van der Waals surface area (Å²) in [5.41, 5.74) is -0.141. The third-order valence-electron chi connectivity index (χ3n) is 1.42. The quantitative estimate of drug-likeness (QED) is 0.659. The molecule has 76 valence electrons. The minimum atomic E-state index is -1.18. The molecule has 1 heterocycles. The minimum absolute atomic E-state index is 0.141. The van der Waals surface area contributed by atoms with Crippen molar-refractivity contribution < 1.29 is 19.4 Å². The zero-order valence-electron chi connectivity index (χ0n) is 7.51. The van der Waals surface area contributed by atoms with Crippen LogP contribution in [0.15, 0.2) is 6.20 Å². The molecule has 0 aromatic carbocycles. The zero-order chi connectivity index (χ0) is 10.6. The van der Waals surface area contributed by atoms with Crippen LogP contribution in [0.5, 0.6) is 0 Å². The van der Waals surface area contributed by atoms with Crippen molar-refractivity contribution in [3.05, 3.63) is 11.9 Å². The number of carboxylic acid groups (broad SMARTS) is 1. The van der Waals surface area contributed by atoms with Crippen molar-refractivity contribution in [2.24, 2.45) is 0 Å². The van der Waals surface area contributed by atoms with Gasteiger partial charge in [0.05, 0.1) is 12.8 Å². The molecule has 0 radical (unpaired) electrons. The first kappa shape index (κ1) is 10.2. The van der Waals surface area contributed by atoms with Gasteiger partial charge in [0.1, 0.15) is 6.54 Å². The molecule has 1 rings (SSSR count). The number of hydrogen-bond donors (Lipinski definition) is 1. The Morgan fingerprint density at radius 2 is 2.36 bits per heavy atom. The first-order chi connectivity index (χ1) is 6.65. The normalized spacial score (nSPS) is 9.79. The molecule has 0 saturated carbocycles. The van der Waals surface area contributed by atoms with Crippen molar-refractivity contribution in [3.8, 4) is 0 Å². The van der Waals surface area contributed by atoms with Gasteiger partial charge in [0, 0.05) is 0 Å². The van der Waals surface area contributed by atoms with Crippen LogP contribution >= 0.6 is 0 Å². The average molecular weight is 199 g/mol. The molecule has 0 saturated heterocycles. The standard InChI is InChI=1S/C7H9N3O4/c1-2-14-6(11)4-10-5(7(12)13)3-8-9-10/h3H,2,4H2,1H3,(H,12,13). The summed E-state index contributed by atoms with van der Waals surface area (Å²) in [5, 5.41) is 15.5. The third-order valence-corrected chi connectivity index (χ3v) is 1.42. The molecule has 0 amide bonds. The molecule has 0 aliphatic rings. The Bertz CT molecular complexity index is 346. The fourth-order valence-corrected chi connectivity index (χ4v) is 0.869. The fourth-order valence-electron chi connectivity index (χ4n) is 0.869. The summed E-state index contributed by atoms with van der Waals surface area (Å²) in [7, 11) is 0. The molecular formula is C7H9N3O4. The maximum absolute atomic E-state index is 11.0. The molecule has 0 atom stereocenters. The summed E-state index contributed by atoms with van der Waals surface area (Å²) in [4.78, 5) is 21.6. The highest BCUT2D eigenvalue weighted by Crippen LogP contribution is 1.96. The van der Waals surface area contributed by atoms with Crippen molar-refractivity contribution in [3.63, 3.8) is 0 Å². The first-order valence-corrected chi connectivity index (χ1v) is 3.92.